The van der Waals surface area contributed by atoms with Gasteiger partial charge in [0.25, 0.3) is 0 Å². The first-order valence-corrected chi connectivity index (χ1v) is 31.1. The Morgan fingerprint density at radius 3 is 2.08 bits per heavy atom. The quantitative estimate of drug-likeness (QED) is 0.119. The van der Waals surface area contributed by atoms with Gasteiger partial charge in [-0.05, 0) is 147 Å². The van der Waals surface area contributed by atoms with Gasteiger partial charge in [0.1, 0.15) is 7.28 Å². The minimum atomic E-state index is 0.132. The lowest BCUT2D eigenvalue weighted by Crippen LogP contribution is -2.69. The summed E-state index contributed by atoms with van der Waals surface area (Å²) >= 11 is 4.41. The topological polar surface area (TPSA) is 38.7 Å². The predicted octanol–water partition coefficient (Wildman–Crippen LogP) is 15.4. The van der Waals surface area contributed by atoms with Crippen LogP contribution in [0.25, 0.3) is 11.4 Å². The Morgan fingerprint density at radius 1 is 0.625 bits per heavy atom. The first-order valence-electron chi connectivity index (χ1n) is 29.3. The number of nitrogens with zero attached hydrogens (tertiary/aromatic N) is 6. The lowest BCUT2D eigenvalue weighted by atomic mass is 9.25. The maximum Gasteiger partial charge on any atom is 0.221 e. The van der Waals surface area contributed by atoms with Crippen molar-refractivity contribution in [2.24, 2.45) is 0 Å². The summed E-state index contributed by atoms with van der Waals surface area (Å²) < 4.78 is 0. The molecular weight excluding hydrogens is 1010 g/mol. The zero-order valence-corrected chi connectivity index (χ0v) is 46.7. The lowest BCUT2D eigenvalue weighted by Gasteiger charge is -2.62. The fourth-order valence-corrected chi connectivity index (χ4v) is 18.8. The lowest BCUT2D eigenvalue weighted by molar-refractivity contribution is 0.326. The van der Waals surface area contributed by atoms with E-state index in [1.54, 1.807) is 0 Å². The Balaban J connectivity index is 0.903. The predicted molar refractivity (Wildman–Crippen MR) is 339 cm³/mol. The van der Waals surface area contributed by atoms with Gasteiger partial charge >= 0.3 is 0 Å². The van der Waals surface area contributed by atoms with Crippen molar-refractivity contribution in [3.63, 3.8) is 0 Å². The van der Waals surface area contributed by atoms with E-state index in [4.69, 9.17) is 9.97 Å². The standard InChI is InChI=1S/C70H65B2N6S2/c1-7-24-48(25-8-1)75(49-26-9-2-10-27-49)53-42-63-69-64(43-53)78(60-38-21-19-36-56(60)70-73-40-23-41-74-70)62-47-65-57(46-59(62)72(69)58-37-20-22-39-61(58)77(63)52-32-15-5-16-33-52)71-68-66(79-55-34-17-6-18-35-55)44-54(45-67(68)80-65)76(50-28-11-3-12-29-50)51-30-13-4-14-31-51/h1-9,11-26,28-30,32-41,46-47,51,53-54,57,63-69H,10,27,31,42-45H2. The molecule has 0 N–H and O–H groups in total. The molecule has 8 aliphatic rings. The van der Waals surface area contributed by atoms with E-state index in [9.17, 15) is 0 Å². The summed E-state index contributed by atoms with van der Waals surface area (Å²) in [7, 11) is 2.87. The highest BCUT2D eigenvalue weighted by Gasteiger charge is 2.60. The van der Waals surface area contributed by atoms with Crippen molar-refractivity contribution < 1.29 is 0 Å². The van der Waals surface area contributed by atoms with Crippen LogP contribution in [0.5, 0.6) is 0 Å². The van der Waals surface area contributed by atoms with Gasteiger partial charge in [-0.25, -0.2) is 9.97 Å². The number of para-hydroxylation sites is 5. The Bertz CT molecular complexity index is 3540. The molecule has 0 bridgehead atoms. The highest BCUT2D eigenvalue weighted by atomic mass is 32.2. The van der Waals surface area contributed by atoms with Gasteiger partial charge in [0.15, 0.2) is 5.82 Å². The van der Waals surface area contributed by atoms with Crippen LogP contribution in [0.4, 0.5) is 28.4 Å². The van der Waals surface area contributed by atoms with E-state index >= 15 is 0 Å². The number of hydrogen-bond acceptors (Lipinski definition) is 8. The third-order valence-electron chi connectivity index (χ3n) is 18.6. The molecular formula is C70H65B2N6S2. The van der Waals surface area contributed by atoms with Gasteiger partial charge in [0.05, 0.1) is 11.7 Å². The number of anilines is 5. The molecule has 10 heteroatoms. The Labute approximate surface area is 482 Å². The van der Waals surface area contributed by atoms with Crippen molar-refractivity contribution in [2.75, 3.05) is 19.6 Å². The Hall–Kier alpha value is -7.13. The van der Waals surface area contributed by atoms with Crippen LogP contribution in [0.1, 0.15) is 44.9 Å². The minimum Gasteiger partial charge on any atom is -0.362 e. The van der Waals surface area contributed by atoms with Gasteiger partial charge < -0.3 is 19.6 Å². The highest BCUT2D eigenvalue weighted by molar-refractivity contribution is 8.01. The monoisotopic (exact) mass is 1080 g/mol. The van der Waals surface area contributed by atoms with E-state index in [1.165, 1.54) is 55.7 Å². The molecule has 80 heavy (non-hydrogen) atoms. The number of aromatic nitrogens is 2. The molecule has 6 nitrogen and oxygen atoms in total. The van der Waals surface area contributed by atoms with Crippen LogP contribution < -0.4 is 25.1 Å². The first-order chi connectivity index (χ1) is 39.7. The molecule has 0 amide bonds. The number of thioether (sulfide) groups is 2. The van der Waals surface area contributed by atoms with Crippen molar-refractivity contribution in [1.82, 2.24) is 9.97 Å². The van der Waals surface area contributed by atoms with Crippen LogP contribution >= 0.6 is 23.5 Å². The Kier molecular flexibility index (Phi) is 13.6. The molecule has 11 unspecified atom stereocenters. The molecule has 15 rings (SSSR count). The van der Waals surface area contributed by atoms with Crippen molar-refractivity contribution >= 4 is 71.4 Å². The molecule has 0 spiro atoms. The molecule has 2 saturated carbocycles. The molecule has 4 heterocycles. The first kappa shape index (κ1) is 49.9. The fourth-order valence-electron chi connectivity index (χ4n) is 15.5. The van der Waals surface area contributed by atoms with Gasteiger partial charge in [-0.15, -0.1) is 11.8 Å². The van der Waals surface area contributed by atoms with E-state index in [1.807, 2.05) is 18.5 Å². The zero-order valence-electron chi connectivity index (χ0n) is 45.0. The van der Waals surface area contributed by atoms with Gasteiger partial charge in [0.2, 0.25) is 6.71 Å². The van der Waals surface area contributed by atoms with Gasteiger partial charge in [0, 0.05) is 96.9 Å². The summed E-state index contributed by atoms with van der Waals surface area (Å²) in [6, 6.07) is 67.0. The second kappa shape index (κ2) is 21.7. The summed E-state index contributed by atoms with van der Waals surface area (Å²) in [5.74, 6) is 1.76. The second-order valence-corrected chi connectivity index (χ2v) is 25.7. The number of rotatable bonds is 11. The normalized spacial score (nSPS) is 27.9. The van der Waals surface area contributed by atoms with Crippen LogP contribution in [0.15, 0.2) is 265 Å². The molecule has 3 aliphatic heterocycles. The fraction of sp³-hybridized carbons (Fsp3) is 0.257. The molecule has 4 fully saturated rings. The van der Waals surface area contributed by atoms with Crippen molar-refractivity contribution in [2.45, 2.75) is 113 Å². The van der Waals surface area contributed by atoms with Crippen LogP contribution in [-0.2, 0) is 0 Å². The molecule has 6 aromatic carbocycles. The number of fused-ring (bicyclic) bond motifs is 6. The van der Waals surface area contributed by atoms with E-state index in [-0.39, 0.29) is 41.7 Å². The molecule has 1 aromatic heterocycles. The summed E-state index contributed by atoms with van der Waals surface area (Å²) in [5, 5.41) is 1.14. The van der Waals surface area contributed by atoms with Crippen molar-refractivity contribution in [1.29, 1.82) is 0 Å². The van der Waals surface area contributed by atoms with E-state index < -0.39 is 0 Å². The average Bonchev–Trinajstić information content (AvgIpc) is 3.14. The Morgan fingerprint density at radius 2 is 1.32 bits per heavy atom. The summed E-state index contributed by atoms with van der Waals surface area (Å²) in [6.45, 7) is 0.200. The van der Waals surface area contributed by atoms with Crippen LogP contribution in [0.2, 0.25) is 17.5 Å². The average molecular weight is 1080 g/mol. The molecule has 7 aromatic rings. The van der Waals surface area contributed by atoms with Gasteiger partial charge in [-0.3, -0.25) is 0 Å². The summed E-state index contributed by atoms with van der Waals surface area (Å²) in [6.07, 6.45) is 33.1. The zero-order chi connectivity index (χ0) is 52.9. The maximum absolute atomic E-state index is 4.99. The third-order valence-corrected chi connectivity index (χ3v) is 21.6. The van der Waals surface area contributed by atoms with E-state index in [2.05, 4.69) is 275 Å². The molecule has 393 valence electrons. The summed E-state index contributed by atoms with van der Waals surface area (Å²) in [4.78, 5) is 22.5. The van der Waals surface area contributed by atoms with Gasteiger partial charge in [-0.2, -0.15) is 11.8 Å². The minimum absolute atomic E-state index is 0.132. The number of allylic oxidation sites excluding steroid dienone is 8. The molecule has 5 aliphatic carbocycles. The molecule has 11 atom stereocenters. The van der Waals surface area contributed by atoms with Crippen molar-refractivity contribution in [3.8, 4) is 11.4 Å². The smallest absolute Gasteiger partial charge is 0.221 e. The summed E-state index contributed by atoms with van der Waals surface area (Å²) in [5.41, 5.74) is 13.2. The van der Waals surface area contributed by atoms with Crippen LogP contribution in [0, 0.1) is 0 Å². The number of benzene rings is 6. The SMILES string of the molecule is [B]1C2C=C3B4c5ccccc5N(c5ccccc5)C5CC(N(C6=CC=CCC6)c6ccccc6)CC(C45)N(c4ccccc4-c4ncccn4)C3=CC2SC2CC(N(c3ccccc3)C3C=CC=CC3)CC(Sc3ccccc3)C12. The molecule has 2 saturated heterocycles. The van der Waals surface area contributed by atoms with Crippen LogP contribution in [-0.4, -0.2) is 69.9 Å². The van der Waals surface area contributed by atoms with Gasteiger partial charge in [-0.1, -0.05) is 157 Å². The van der Waals surface area contributed by atoms with Crippen LogP contribution in [0.3, 0.4) is 0 Å². The second-order valence-electron chi connectivity index (χ2n) is 23.0. The number of hydrogen-bond donors (Lipinski definition) is 0. The molecule has 1 radical (unpaired) electrons. The largest absolute Gasteiger partial charge is 0.362 e. The third kappa shape index (κ3) is 9.11. The maximum atomic E-state index is 4.99. The van der Waals surface area contributed by atoms with Crippen molar-refractivity contribution in [3.05, 3.63) is 260 Å². The van der Waals surface area contributed by atoms with E-state index in [0.29, 0.717) is 28.4 Å². The van der Waals surface area contributed by atoms with E-state index in [0.717, 1.165) is 56.3 Å². The highest BCUT2D eigenvalue weighted by Crippen LogP contribution is 2.60.